The van der Waals surface area contributed by atoms with Crippen molar-refractivity contribution in [3.8, 4) is 0 Å². The van der Waals surface area contributed by atoms with Crippen molar-refractivity contribution < 1.29 is 19.7 Å². The highest BCUT2D eigenvalue weighted by Crippen LogP contribution is 2.43. The molecule has 0 aromatic carbocycles. The van der Waals surface area contributed by atoms with E-state index in [1.807, 2.05) is 0 Å². The minimum absolute atomic E-state index is 0.279. The summed E-state index contributed by atoms with van der Waals surface area (Å²) >= 11 is 2.11. The zero-order chi connectivity index (χ0) is 11.4. The van der Waals surface area contributed by atoms with Crippen molar-refractivity contribution in [3.05, 3.63) is 9.66 Å². The molecule has 0 unspecified atom stereocenters. The topological polar surface area (TPSA) is 58.9 Å². The number of aliphatic hydroxyl groups is 2. The van der Waals surface area contributed by atoms with Gasteiger partial charge in [-0.25, -0.2) is 0 Å². The van der Waals surface area contributed by atoms with E-state index in [2.05, 4.69) is 22.6 Å². The number of aliphatic hydroxyl groups excluding tert-OH is 1. The van der Waals surface area contributed by atoms with E-state index >= 15 is 0 Å². The lowest BCUT2D eigenvalue weighted by atomic mass is 9.84. The molecular weight excluding hydrogens is 311 g/mol. The van der Waals surface area contributed by atoms with Crippen LogP contribution >= 0.6 is 22.6 Å². The fraction of sp³-hybridized carbons (Fsp3) is 0.800. The van der Waals surface area contributed by atoms with Crippen molar-refractivity contribution in [2.45, 2.75) is 50.5 Å². The molecule has 2 aliphatic rings. The molecule has 4 nitrogen and oxygen atoms in total. The fourth-order valence-corrected chi connectivity index (χ4v) is 2.77. The van der Waals surface area contributed by atoms with Gasteiger partial charge in [-0.2, -0.15) is 0 Å². The van der Waals surface area contributed by atoms with Gasteiger partial charge in [0.15, 0.2) is 5.79 Å². The molecule has 0 spiro atoms. The van der Waals surface area contributed by atoms with Gasteiger partial charge in [0, 0.05) is 3.58 Å². The molecule has 5 heteroatoms. The summed E-state index contributed by atoms with van der Waals surface area (Å²) in [5, 5.41) is 19.9. The summed E-state index contributed by atoms with van der Waals surface area (Å²) < 4.78 is 12.2. The van der Waals surface area contributed by atoms with Gasteiger partial charge in [0.25, 0.3) is 0 Å². The molecule has 2 N–H and O–H groups in total. The zero-order valence-corrected chi connectivity index (χ0v) is 11.1. The molecule has 1 fully saturated rings. The van der Waals surface area contributed by atoms with Gasteiger partial charge in [-0.05, 0) is 49.4 Å². The molecule has 0 bridgehead atoms. The lowest BCUT2D eigenvalue weighted by Gasteiger charge is -2.38. The predicted octanol–water partition coefficient (Wildman–Crippen LogP) is 0.951. The minimum Gasteiger partial charge on any atom is -0.386 e. The first kappa shape index (κ1) is 11.8. The summed E-state index contributed by atoms with van der Waals surface area (Å²) in [5.74, 6) is -0.715. The van der Waals surface area contributed by atoms with Gasteiger partial charge in [-0.15, -0.1) is 0 Å². The summed E-state index contributed by atoms with van der Waals surface area (Å²) in [6, 6.07) is 0. The highest BCUT2D eigenvalue weighted by Gasteiger charge is 2.55. The Labute approximate surface area is 102 Å². The fourth-order valence-electron chi connectivity index (χ4n) is 1.97. The highest BCUT2D eigenvalue weighted by atomic mass is 127. The molecule has 4 atom stereocenters. The van der Waals surface area contributed by atoms with Crippen LogP contribution in [0.2, 0.25) is 0 Å². The maximum atomic E-state index is 10.2. The Bertz CT molecular complexity index is 311. The molecular formula is C10H15IO4. The lowest BCUT2D eigenvalue weighted by Crippen LogP contribution is -2.56. The molecule has 1 heterocycles. The predicted molar refractivity (Wildman–Crippen MR) is 62.6 cm³/mol. The maximum Gasteiger partial charge on any atom is 0.164 e. The molecule has 1 aliphatic heterocycles. The second-order valence-electron chi connectivity index (χ2n) is 4.70. The van der Waals surface area contributed by atoms with Crippen molar-refractivity contribution in [2.24, 2.45) is 0 Å². The minimum atomic E-state index is -1.30. The van der Waals surface area contributed by atoms with Gasteiger partial charge in [0.2, 0.25) is 0 Å². The number of rotatable bonds is 0. The number of fused-ring (bicyclic) bond motifs is 1. The number of hydrogen-bond acceptors (Lipinski definition) is 4. The van der Waals surface area contributed by atoms with E-state index < -0.39 is 23.6 Å². The van der Waals surface area contributed by atoms with Gasteiger partial charge in [-0.3, -0.25) is 0 Å². The lowest BCUT2D eigenvalue weighted by molar-refractivity contribution is -0.181. The van der Waals surface area contributed by atoms with Crippen molar-refractivity contribution in [1.82, 2.24) is 0 Å². The quantitative estimate of drug-likeness (QED) is 0.651. The Hall–Kier alpha value is 0.310. The van der Waals surface area contributed by atoms with Gasteiger partial charge in [-0.1, -0.05) is 0 Å². The average Bonchev–Trinajstić information content (AvgIpc) is 2.40. The SMILES string of the molecule is CC1(C)O[C@@H]2C(I)=C[C@@H](O)[C@@](C)(O)[C@@H]2O1. The van der Waals surface area contributed by atoms with E-state index in [1.165, 1.54) is 0 Å². The Balaban J connectivity index is 2.37. The summed E-state index contributed by atoms with van der Waals surface area (Å²) in [7, 11) is 0. The first-order chi connectivity index (χ1) is 6.74. The summed E-state index contributed by atoms with van der Waals surface area (Å²) in [6.45, 7) is 5.18. The van der Waals surface area contributed by atoms with E-state index in [4.69, 9.17) is 9.47 Å². The van der Waals surface area contributed by atoms with Crippen LogP contribution < -0.4 is 0 Å². The maximum absolute atomic E-state index is 10.2. The monoisotopic (exact) mass is 326 g/mol. The third kappa shape index (κ3) is 1.84. The van der Waals surface area contributed by atoms with Crippen LogP contribution in [0.1, 0.15) is 20.8 Å². The van der Waals surface area contributed by atoms with Crippen LogP contribution in [0.15, 0.2) is 9.66 Å². The largest absolute Gasteiger partial charge is 0.386 e. The summed E-state index contributed by atoms with van der Waals surface area (Å²) in [4.78, 5) is 0. The smallest absolute Gasteiger partial charge is 0.164 e. The molecule has 0 saturated carbocycles. The summed E-state index contributed by atoms with van der Waals surface area (Å²) in [6.07, 6.45) is -0.0894. The Morgan fingerprint density at radius 3 is 2.53 bits per heavy atom. The van der Waals surface area contributed by atoms with Gasteiger partial charge in [0.1, 0.15) is 23.9 Å². The Morgan fingerprint density at radius 1 is 1.33 bits per heavy atom. The first-order valence-corrected chi connectivity index (χ1v) is 5.95. The van der Waals surface area contributed by atoms with Crippen molar-refractivity contribution in [3.63, 3.8) is 0 Å². The number of ether oxygens (including phenoxy) is 2. The standard InChI is InChI=1S/C10H15IO4/c1-9(2)14-7-5(11)4-6(12)10(3,13)8(7)15-9/h4,6-8,12-13H,1-3H3/t6-,7-,8-,10-/m1/s1. The van der Waals surface area contributed by atoms with E-state index in [-0.39, 0.29) is 6.10 Å². The van der Waals surface area contributed by atoms with E-state index in [1.54, 1.807) is 26.8 Å². The third-order valence-corrected chi connectivity index (χ3v) is 3.83. The van der Waals surface area contributed by atoms with Crippen LogP contribution in [0, 0.1) is 0 Å². The van der Waals surface area contributed by atoms with E-state index in [0.29, 0.717) is 0 Å². The molecule has 0 radical (unpaired) electrons. The van der Waals surface area contributed by atoms with Gasteiger partial charge >= 0.3 is 0 Å². The molecule has 15 heavy (non-hydrogen) atoms. The second-order valence-corrected chi connectivity index (χ2v) is 5.94. The molecule has 0 aromatic heterocycles. The van der Waals surface area contributed by atoms with Gasteiger partial charge < -0.3 is 19.7 Å². The molecule has 86 valence electrons. The highest BCUT2D eigenvalue weighted by molar-refractivity contribution is 14.1. The van der Waals surface area contributed by atoms with Crippen LogP contribution in [0.3, 0.4) is 0 Å². The van der Waals surface area contributed by atoms with Crippen LogP contribution in [-0.4, -0.2) is 39.9 Å². The molecule has 0 amide bonds. The van der Waals surface area contributed by atoms with Crippen molar-refractivity contribution in [1.29, 1.82) is 0 Å². The second kappa shape index (κ2) is 3.40. The van der Waals surface area contributed by atoms with Gasteiger partial charge in [0.05, 0.1) is 0 Å². The third-order valence-electron chi connectivity index (χ3n) is 2.86. The molecule has 1 aliphatic carbocycles. The van der Waals surface area contributed by atoms with E-state index in [9.17, 15) is 10.2 Å². The normalized spacial score (nSPS) is 48.7. The average molecular weight is 326 g/mol. The Morgan fingerprint density at radius 2 is 1.93 bits per heavy atom. The molecule has 1 saturated heterocycles. The van der Waals surface area contributed by atoms with Crippen molar-refractivity contribution in [2.75, 3.05) is 0 Å². The number of hydrogen-bond donors (Lipinski definition) is 2. The zero-order valence-electron chi connectivity index (χ0n) is 8.90. The molecule has 2 rings (SSSR count). The Kier molecular flexibility index (Phi) is 2.67. The van der Waals surface area contributed by atoms with E-state index in [0.717, 1.165) is 3.58 Å². The molecule has 0 aromatic rings. The van der Waals surface area contributed by atoms with Crippen LogP contribution in [0.4, 0.5) is 0 Å². The number of halogens is 1. The first-order valence-electron chi connectivity index (χ1n) is 4.87. The van der Waals surface area contributed by atoms with Crippen molar-refractivity contribution >= 4 is 22.6 Å². The van der Waals surface area contributed by atoms with Crippen LogP contribution in [0.5, 0.6) is 0 Å². The van der Waals surface area contributed by atoms with Crippen LogP contribution in [0.25, 0.3) is 0 Å². The summed E-state index contributed by atoms with van der Waals surface area (Å²) in [5.41, 5.74) is -1.30. The van der Waals surface area contributed by atoms with Crippen LogP contribution in [-0.2, 0) is 9.47 Å².